The molecule has 120 valence electrons. The minimum Gasteiger partial charge on any atom is -0.493 e. The van der Waals surface area contributed by atoms with Gasteiger partial charge >= 0.3 is 0 Å². The Labute approximate surface area is 131 Å². The number of carbonyl (C=O) groups is 2. The molecule has 0 saturated carbocycles. The fourth-order valence-corrected chi connectivity index (χ4v) is 2.66. The molecule has 0 aromatic heterocycles. The molecular weight excluding hydrogens is 282 g/mol. The zero-order valence-electron chi connectivity index (χ0n) is 13.3. The van der Waals surface area contributed by atoms with Gasteiger partial charge in [-0.3, -0.25) is 9.59 Å². The molecule has 1 saturated heterocycles. The molecule has 1 heterocycles. The van der Waals surface area contributed by atoms with Crippen molar-refractivity contribution in [2.45, 2.75) is 32.1 Å². The van der Waals surface area contributed by atoms with Crippen molar-refractivity contribution in [3.63, 3.8) is 0 Å². The zero-order valence-corrected chi connectivity index (χ0v) is 13.3. The molecule has 1 fully saturated rings. The molecule has 1 amide bonds. The first-order chi connectivity index (χ1) is 10.6. The molecule has 2 rings (SSSR count). The normalized spacial score (nSPS) is 15.4. The summed E-state index contributed by atoms with van der Waals surface area (Å²) in [6.45, 7) is 1.25. The second kappa shape index (κ2) is 7.82. The minimum atomic E-state index is 0.115. The fraction of sp³-hybridized carbons (Fsp3) is 0.529. The molecule has 1 aromatic carbocycles. The van der Waals surface area contributed by atoms with Crippen LogP contribution in [0.4, 0.5) is 0 Å². The van der Waals surface area contributed by atoms with Crippen molar-refractivity contribution >= 4 is 11.7 Å². The van der Waals surface area contributed by atoms with Gasteiger partial charge in [0.1, 0.15) is 5.78 Å². The maximum atomic E-state index is 12.3. The van der Waals surface area contributed by atoms with E-state index in [1.54, 1.807) is 14.2 Å². The Hall–Kier alpha value is -2.04. The van der Waals surface area contributed by atoms with E-state index in [-0.39, 0.29) is 11.7 Å². The van der Waals surface area contributed by atoms with E-state index >= 15 is 0 Å². The molecule has 0 N–H and O–H groups in total. The summed E-state index contributed by atoms with van der Waals surface area (Å²) in [4.78, 5) is 25.5. The number of hydrogen-bond donors (Lipinski definition) is 0. The molecule has 22 heavy (non-hydrogen) atoms. The molecule has 0 aliphatic carbocycles. The van der Waals surface area contributed by atoms with E-state index < -0.39 is 0 Å². The third kappa shape index (κ3) is 4.23. The van der Waals surface area contributed by atoms with Gasteiger partial charge in [-0.1, -0.05) is 6.07 Å². The first kappa shape index (κ1) is 16.3. The van der Waals surface area contributed by atoms with Gasteiger partial charge in [-0.05, 0) is 30.5 Å². The highest BCUT2D eigenvalue weighted by atomic mass is 16.5. The van der Waals surface area contributed by atoms with E-state index in [0.29, 0.717) is 50.3 Å². The fourth-order valence-electron chi connectivity index (χ4n) is 2.66. The summed E-state index contributed by atoms with van der Waals surface area (Å²) >= 11 is 0. The Morgan fingerprint density at radius 3 is 2.64 bits per heavy atom. The number of likely N-dealkylation sites (tertiary alicyclic amines) is 1. The van der Waals surface area contributed by atoms with E-state index in [4.69, 9.17) is 9.47 Å². The van der Waals surface area contributed by atoms with Gasteiger partial charge in [0.05, 0.1) is 14.2 Å². The van der Waals surface area contributed by atoms with Gasteiger partial charge in [-0.25, -0.2) is 0 Å². The van der Waals surface area contributed by atoms with Crippen LogP contribution in [0.5, 0.6) is 11.5 Å². The summed E-state index contributed by atoms with van der Waals surface area (Å²) in [5, 5.41) is 0. The first-order valence-corrected chi connectivity index (χ1v) is 7.64. The number of ether oxygens (including phenoxy) is 2. The average molecular weight is 305 g/mol. The maximum absolute atomic E-state index is 12.3. The van der Waals surface area contributed by atoms with Crippen molar-refractivity contribution in [1.82, 2.24) is 4.90 Å². The predicted octanol–water partition coefficient (Wildman–Crippen LogP) is 2.22. The average Bonchev–Trinajstić information content (AvgIpc) is 2.77. The predicted molar refractivity (Wildman–Crippen MR) is 83.3 cm³/mol. The molecule has 5 nitrogen and oxygen atoms in total. The van der Waals surface area contributed by atoms with Crippen molar-refractivity contribution in [3.05, 3.63) is 23.8 Å². The van der Waals surface area contributed by atoms with E-state index in [1.807, 2.05) is 23.1 Å². The number of carbonyl (C=O) groups excluding carboxylic acids is 2. The van der Waals surface area contributed by atoms with Gasteiger partial charge < -0.3 is 14.4 Å². The minimum absolute atomic E-state index is 0.115. The van der Waals surface area contributed by atoms with Gasteiger partial charge in [-0.2, -0.15) is 0 Å². The lowest BCUT2D eigenvalue weighted by Crippen LogP contribution is -2.32. The number of hydrogen-bond acceptors (Lipinski definition) is 4. The van der Waals surface area contributed by atoms with Crippen LogP contribution in [0.1, 0.15) is 31.2 Å². The number of amides is 1. The molecular formula is C17H23NO4. The number of ketones is 1. The highest BCUT2D eigenvalue weighted by molar-refractivity contribution is 5.81. The topological polar surface area (TPSA) is 55.8 Å². The SMILES string of the molecule is COc1ccc(CCC(=O)N2CCCC(=O)CC2)cc1OC. The molecule has 1 aromatic rings. The zero-order chi connectivity index (χ0) is 15.9. The highest BCUT2D eigenvalue weighted by Crippen LogP contribution is 2.28. The number of nitrogens with zero attached hydrogens (tertiary/aromatic N) is 1. The summed E-state index contributed by atoms with van der Waals surface area (Å²) in [5.74, 6) is 1.73. The highest BCUT2D eigenvalue weighted by Gasteiger charge is 2.18. The second-order valence-corrected chi connectivity index (χ2v) is 5.46. The Bertz CT molecular complexity index is 541. The summed E-state index contributed by atoms with van der Waals surface area (Å²) in [5.41, 5.74) is 1.04. The van der Waals surface area contributed by atoms with Crippen LogP contribution in [-0.4, -0.2) is 43.9 Å². The molecule has 0 radical (unpaired) electrons. The summed E-state index contributed by atoms with van der Waals surface area (Å²) < 4.78 is 10.5. The third-order valence-corrected chi connectivity index (χ3v) is 3.97. The van der Waals surface area contributed by atoms with E-state index in [0.717, 1.165) is 12.0 Å². The van der Waals surface area contributed by atoms with Gasteiger partial charge in [-0.15, -0.1) is 0 Å². The quantitative estimate of drug-likeness (QED) is 0.837. The van der Waals surface area contributed by atoms with Gasteiger partial charge in [0.2, 0.25) is 5.91 Å². The smallest absolute Gasteiger partial charge is 0.222 e. The molecule has 0 spiro atoms. The van der Waals surface area contributed by atoms with E-state index in [2.05, 4.69) is 0 Å². The van der Waals surface area contributed by atoms with Crippen LogP contribution in [0.25, 0.3) is 0 Å². The van der Waals surface area contributed by atoms with Crippen LogP contribution < -0.4 is 9.47 Å². The Balaban J connectivity index is 1.91. The van der Waals surface area contributed by atoms with Gasteiger partial charge in [0.25, 0.3) is 0 Å². The van der Waals surface area contributed by atoms with Crippen molar-refractivity contribution in [2.24, 2.45) is 0 Å². The van der Waals surface area contributed by atoms with Crippen molar-refractivity contribution in [1.29, 1.82) is 0 Å². The molecule has 5 heteroatoms. The van der Waals surface area contributed by atoms with Crippen LogP contribution in [0, 0.1) is 0 Å². The lowest BCUT2D eigenvalue weighted by Gasteiger charge is -2.20. The lowest BCUT2D eigenvalue weighted by molar-refractivity contribution is -0.131. The standard InChI is InChI=1S/C17H23NO4/c1-21-15-7-5-13(12-16(15)22-2)6-8-17(20)18-10-3-4-14(19)9-11-18/h5,7,12H,3-4,6,8-11H2,1-2H3. The molecule has 0 unspecified atom stereocenters. The number of Topliss-reactive ketones (excluding diaryl/α,β-unsaturated/α-hetero) is 1. The van der Waals surface area contributed by atoms with Gasteiger partial charge in [0.15, 0.2) is 11.5 Å². The largest absolute Gasteiger partial charge is 0.493 e. The van der Waals surface area contributed by atoms with E-state index in [9.17, 15) is 9.59 Å². The summed E-state index contributed by atoms with van der Waals surface area (Å²) in [6.07, 6.45) is 2.97. The Morgan fingerprint density at radius 1 is 1.14 bits per heavy atom. The van der Waals surface area contributed by atoms with Crippen LogP contribution in [0.2, 0.25) is 0 Å². The molecule has 0 atom stereocenters. The summed E-state index contributed by atoms with van der Waals surface area (Å²) in [6, 6.07) is 5.70. The van der Waals surface area contributed by atoms with Crippen molar-refractivity contribution in [2.75, 3.05) is 27.3 Å². The van der Waals surface area contributed by atoms with Crippen LogP contribution >= 0.6 is 0 Å². The number of aryl methyl sites for hydroxylation is 1. The molecule has 0 bridgehead atoms. The monoisotopic (exact) mass is 305 g/mol. The molecule has 1 aliphatic heterocycles. The van der Waals surface area contributed by atoms with Crippen molar-refractivity contribution in [3.8, 4) is 11.5 Å². The van der Waals surface area contributed by atoms with Crippen molar-refractivity contribution < 1.29 is 19.1 Å². The first-order valence-electron chi connectivity index (χ1n) is 7.64. The van der Waals surface area contributed by atoms with Crippen LogP contribution in [0.3, 0.4) is 0 Å². The Morgan fingerprint density at radius 2 is 1.91 bits per heavy atom. The Kier molecular flexibility index (Phi) is 5.81. The summed E-state index contributed by atoms with van der Waals surface area (Å²) in [7, 11) is 3.20. The lowest BCUT2D eigenvalue weighted by atomic mass is 10.1. The number of methoxy groups -OCH3 is 2. The number of rotatable bonds is 5. The number of benzene rings is 1. The molecule has 1 aliphatic rings. The second-order valence-electron chi connectivity index (χ2n) is 5.46. The van der Waals surface area contributed by atoms with Crippen LogP contribution in [0.15, 0.2) is 18.2 Å². The third-order valence-electron chi connectivity index (χ3n) is 3.97. The van der Waals surface area contributed by atoms with E-state index in [1.165, 1.54) is 0 Å². The maximum Gasteiger partial charge on any atom is 0.222 e. The van der Waals surface area contributed by atoms with Gasteiger partial charge in [0, 0.05) is 32.4 Å². The van der Waals surface area contributed by atoms with Crippen LogP contribution in [-0.2, 0) is 16.0 Å².